The van der Waals surface area contributed by atoms with Crippen molar-refractivity contribution >= 4 is 27.6 Å². The van der Waals surface area contributed by atoms with Crippen LogP contribution in [0, 0.1) is 11.8 Å². The molecular weight excluding hydrogens is 294 g/mol. The number of hydrogen-bond donors (Lipinski definition) is 2. The molecule has 1 aromatic carbocycles. The molecule has 1 aromatic rings. The Balaban J connectivity index is 2.24. The van der Waals surface area contributed by atoms with E-state index in [1.807, 2.05) is 12.1 Å². The highest BCUT2D eigenvalue weighted by Gasteiger charge is 2.30. The second kappa shape index (κ2) is 5.31. The van der Waals surface area contributed by atoms with E-state index in [1.54, 1.807) is 6.07 Å². The smallest absolute Gasteiger partial charge is 0.338 e. The molecule has 2 N–H and O–H groups in total. The molecule has 0 radical (unpaired) electrons. The number of benzene rings is 1. The average molecular weight is 312 g/mol. The molecule has 0 amide bonds. The molecule has 18 heavy (non-hydrogen) atoms. The molecule has 1 fully saturated rings. The van der Waals surface area contributed by atoms with Crippen LogP contribution in [0.1, 0.15) is 37.0 Å². The average Bonchev–Trinajstić information content (AvgIpc) is 2.60. The standard InChI is InChI=1S/C14H18BrNO2/c1-8-6-7-11(9(8)2)16-12-5-3-4-10(15)13(12)14(17)18/h3-5,8-9,11,16H,6-7H2,1-2H3,(H,17,18). The third-order valence-electron chi connectivity index (χ3n) is 4.03. The number of carboxylic acids is 1. The zero-order valence-electron chi connectivity index (χ0n) is 10.6. The molecule has 98 valence electrons. The first kappa shape index (κ1) is 13.4. The number of nitrogens with one attached hydrogen (secondary N) is 1. The molecule has 0 spiro atoms. The predicted octanol–water partition coefficient (Wildman–Crippen LogP) is 3.99. The Labute approximate surface area is 116 Å². The van der Waals surface area contributed by atoms with Gasteiger partial charge in [-0.3, -0.25) is 0 Å². The van der Waals surface area contributed by atoms with Crippen molar-refractivity contribution < 1.29 is 9.90 Å². The molecule has 3 atom stereocenters. The van der Waals surface area contributed by atoms with E-state index in [9.17, 15) is 9.90 Å². The third kappa shape index (κ3) is 2.53. The van der Waals surface area contributed by atoms with Crippen LogP contribution in [0.5, 0.6) is 0 Å². The fourth-order valence-electron chi connectivity index (χ4n) is 2.63. The van der Waals surface area contributed by atoms with Gasteiger partial charge in [0.25, 0.3) is 0 Å². The van der Waals surface area contributed by atoms with Gasteiger partial charge in [0.15, 0.2) is 0 Å². The van der Waals surface area contributed by atoms with Gasteiger partial charge in [0, 0.05) is 10.5 Å². The molecule has 0 heterocycles. The Morgan fingerprint density at radius 1 is 1.39 bits per heavy atom. The number of hydrogen-bond acceptors (Lipinski definition) is 2. The maximum absolute atomic E-state index is 11.3. The molecule has 0 saturated heterocycles. The van der Waals surface area contributed by atoms with E-state index >= 15 is 0 Å². The summed E-state index contributed by atoms with van der Waals surface area (Å²) in [7, 11) is 0. The topological polar surface area (TPSA) is 49.3 Å². The molecule has 0 aliphatic heterocycles. The summed E-state index contributed by atoms with van der Waals surface area (Å²) in [6.45, 7) is 4.49. The van der Waals surface area contributed by atoms with Crippen LogP contribution in [-0.2, 0) is 0 Å². The second-order valence-corrected chi connectivity index (χ2v) is 5.99. The molecule has 3 unspecified atom stereocenters. The molecular formula is C14H18BrNO2. The first-order valence-corrected chi connectivity index (χ1v) is 7.08. The summed E-state index contributed by atoms with van der Waals surface area (Å²) in [5.41, 5.74) is 1.03. The van der Waals surface area contributed by atoms with Crippen LogP contribution in [0.3, 0.4) is 0 Å². The summed E-state index contributed by atoms with van der Waals surface area (Å²) < 4.78 is 0.624. The van der Waals surface area contributed by atoms with Crippen LogP contribution in [-0.4, -0.2) is 17.1 Å². The number of carboxylic acid groups (broad SMARTS) is 1. The quantitative estimate of drug-likeness (QED) is 0.887. The monoisotopic (exact) mass is 311 g/mol. The number of carbonyl (C=O) groups is 1. The number of anilines is 1. The lowest BCUT2D eigenvalue weighted by molar-refractivity contribution is 0.0697. The minimum absolute atomic E-state index is 0.323. The lowest BCUT2D eigenvalue weighted by atomic mass is 9.97. The van der Waals surface area contributed by atoms with Crippen molar-refractivity contribution in [3.8, 4) is 0 Å². The van der Waals surface area contributed by atoms with Gasteiger partial charge in [-0.15, -0.1) is 0 Å². The van der Waals surface area contributed by atoms with E-state index in [-0.39, 0.29) is 0 Å². The number of aromatic carboxylic acids is 1. The Morgan fingerprint density at radius 2 is 2.11 bits per heavy atom. The van der Waals surface area contributed by atoms with Crippen LogP contribution in [0.25, 0.3) is 0 Å². The molecule has 1 aliphatic carbocycles. The number of halogens is 1. The maximum Gasteiger partial charge on any atom is 0.338 e. The zero-order chi connectivity index (χ0) is 13.3. The van der Waals surface area contributed by atoms with Gasteiger partial charge >= 0.3 is 5.97 Å². The van der Waals surface area contributed by atoms with Gasteiger partial charge in [-0.1, -0.05) is 19.9 Å². The zero-order valence-corrected chi connectivity index (χ0v) is 12.2. The largest absolute Gasteiger partial charge is 0.478 e. The van der Waals surface area contributed by atoms with E-state index in [0.717, 1.165) is 6.42 Å². The summed E-state index contributed by atoms with van der Waals surface area (Å²) in [5, 5.41) is 12.7. The Bertz CT molecular complexity index is 461. The minimum atomic E-state index is -0.899. The number of rotatable bonds is 3. The van der Waals surface area contributed by atoms with E-state index < -0.39 is 5.97 Å². The van der Waals surface area contributed by atoms with Crippen LogP contribution in [0.15, 0.2) is 22.7 Å². The van der Waals surface area contributed by atoms with E-state index in [4.69, 9.17) is 0 Å². The molecule has 1 saturated carbocycles. The summed E-state index contributed by atoms with van der Waals surface area (Å²) >= 11 is 3.30. The van der Waals surface area contributed by atoms with Crippen LogP contribution in [0.4, 0.5) is 5.69 Å². The molecule has 1 aliphatic rings. The van der Waals surface area contributed by atoms with Gasteiger partial charge in [-0.25, -0.2) is 4.79 Å². The normalized spacial score (nSPS) is 27.2. The first-order chi connectivity index (χ1) is 8.50. The van der Waals surface area contributed by atoms with Crippen LogP contribution in [0.2, 0.25) is 0 Å². The summed E-state index contributed by atoms with van der Waals surface area (Å²) in [6, 6.07) is 5.83. The van der Waals surface area contributed by atoms with Gasteiger partial charge in [0.2, 0.25) is 0 Å². The van der Waals surface area contributed by atoms with Gasteiger partial charge in [0.05, 0.1) is 11.3 Å². The first-order valence-electron chi connectivity index (χ1n) is 6.29. The maximum atomic E-state index is 11.3. The van der Waals surface area contributed by atoms with Gasteiger partial charge < -0.3 is 10.4 Å². The van der Waals surface area contributed by atoms with E-state index in [1.165, 1.54) is 6.42 Å². The van der Waals surface area contributed by atoms with Crippen LogP contribution < -0.4 is 5.32 Å². The summed E-state index contributed by atoms with van der Waals surface area (Å²) in [4.78, 5) is 11.3. The van der Waals surface area contributed by atoms with E-state index in [0.29, 0.717) is 33.6 Å². The second-order valence-electron chi connectivity index (χ2n) is 5.13. The van der Waals surface area contributed by atoms with Gasteiger partial charge in [-0.2, -0.15) is 0 Å². The van der Waals surface area contributed by atoms with Crippen molar-refractivity contribution in [1.29, 1.82) is 0 Å². The van der Waals surface area contributed by atoms with Crippen molar-refractivity contribution in [2.24, 2.45) is 11.8 Å². The molecule has 2 rings (SSSR count). The Hall–Kier alpha value is -1.03. The Morgan fingerprint density at radius 3 is 2.67 bits per heavy atom. The Kier molecular flexibility index (Phi) is 3.95. The van der Waals surface area contributed by atoms with Gasteiger partial charge in [-0.05, 0) is 52.7 Å². The molecule has 4 heteroatoms. The molecule has 3 nitrogen and oxygen atoms in total. The van der Waals surface area contributed by atoms with Crippen molar-refractivity contribution in [3.63, 3.8) is 0 Å². The predicted molar refractivity (Wildman–Crippen MR) is 76.1 cm³/mol. The SMILES string of the molecule is CC1CCC(Nc2cccc(Br)c2C(=O)O)C1C. The highest BCUT2D eigenvalue weighted by Crippen LogP contribution is 2.35. The van der Waals surface area contributed by atoms with Crippen LogP contribution >= 0.6 is 15.9 Å². The summed E-state index contributed by atoms with van der Waals surface area (Å²) in [5.74, 6) is 0.372. The molecule has 0 aromatic heterocycles. The fraction of sp³-hybridized carbons (Fsp3) is 0.500. The highest BCUT2D eigenvalue weighted by molar-refractivity contribution is 9.10. The fourth-order valence-corrected chi connectivity index (χ4v) is 3.17. The van der Waals surface area contributed by atoms with Crippen molar-refractivity contribution in [2.45, 2.75) is 32.7 Å². The van der Waals surface area contributed by atoms with Crippen molar-refractivity contribution in [2.75, 3.05) is 5.32 Å². The van der Waals surface area contributed by atoms with E-state index in [2.05, 4.69) is 35.1 Å². The van der Waals surface area contributed by atoms with Crippen molar-refractivity contribution in [3.05, 3.63) is 28.2 Å². The highest BCUT2D eigenvalue weighted by atomic mass is 79.9. The summed E-state index contributed by atoms with van der Waals surface area (Å²) in [6.07, 6.45) is 2.31. The third-order valence-corrected chi connectivity index (χ3v) is 4.69. The minimum Gasteiger partial charge on any atom is -0.478 e. The van der Waals surface area contributed by atoms with Crippen molar-refractivity contribution in [1.82, 2.24) is 0 Å². The van der Waals surface area contributed by atoms with Gasteiger partial charge in [0.1, 0.15) is 0 Å². The lowest BCUT2D eigenvalue weighted by Gasteiger charge is -2.22. The molecule has 0 bridgehead atoms. The lowest BCUT2D eigenvalue weighted by Crippen LogP contribution is -2.25.